The second-order valence-corrected chi connectivity index (χ2v) is 2.06. The molecule has 0 heterocycles. The van der Waals surface area contributed by atoms with E-state index < -0.39 is 0 Å². The Kier molecular flexibility index (Phi) is 14.9. The largest absolute Gasteiger partial charge is 0.0654 e. The Morgan fingerprint density at radius 3 is 1.38 bits per heavy atom. The third-order valence-electron chi connectivity index (χ3n) is 1.21. The van der Waals surface area contributed by atoms with Crippen LogP contribution in [0, 0.1) is 0 Å². The molecule has 0 spiro atoms. The maximum Gasteiger partial charge on any atom is 0 e. The topological polar surface area (TPSA) is 0 Å². The molecule has 0 aliphatic heterocycles. The van der Waals surface area contributed by atoms with Crippen LogP contribution in [0.15, 0.2) is 0 Å². The van der Waals surface area contributed by atoms with Crippen molar-refractivity contribution in [2.45, 2.75) is 46.0 Å². The van der Waals surface area contributed by atoms with Crippen molar-refractivity contribution in [2.75, 3.05) is 0 Å². The zero-order chi connectivity index (χ0) is 5.54. The Morgan fingerprint density at radius 2 is 1.12 bits per heavy atom. The maximum absolute atomic E-state index is 2.25. The first-order valence-electron chi connectivity index (χ1n) is 3.41. The van der Waals surface area contributed by atoms with Gasteiger partial charge < -0.3 is 0 Å². The molecular formula is C7H16Fe. The van der Waals surface area contributed by atoms with Crippen molar-refractivity contribution in [1.82, 2.24) is 0 Å². The van der Waals surface area contributed by atoms with Crippen LogP contribution < -0.4 is 0 Å². The van der Waals surface area contributed by atoms with E-state index in [9.17, 15) is 0 Å². The van der Waals surface area contributed by atoms with Crippen molar-refractivity contribution in [3.8, 4) is 0 Å². The van der Waals surface area contributed by atoms with E-state index in [4.69, 9.17) is 0 Å². The Bertz CT molecular complexity index is 23.6. The molecule has 8 heavy (non-hydrogen) atoms. The molecule has 0 aromatic heterocycles. The molecule has 0 fully saturated rings. The van der Waals surface area contributed by atoms with Gasteiger partial charge in [0.15, 0.2) is 0 Å². The Labute approximate surface area is 63.5 Å². The first-order chi connectivity index (χ1) is 3.41. The van der Waals surface area contributed by atoms with Crippen molar-refractivity contribution in [3.05, 3.63) is 0 Å². The van der Waals surface area contributed by atoms with Crippen LogP contribution in [0.3, 0.4) is 0 Å². The second kappa shape index (κ2) is 10.5. The average Bonchev–Trinajstić information content (AvgIpc) is 1.69. The van der Waals surface area contributed by atoms with Gasteiger partial charge in [-0.1, -0.05) is 46.0 Å². The fourth-order valence-electron chi connectivity index (χ4n) is 0.677. The summed E-state index contributed by atoms with van der Waals surface area (Å²) >= 11 is 0. The molecular weight excluding hydrogens is 140 g/mol. The van der Waals surface area contributed by atoms with Crippen LogP contribution in [0.4, 0.5) is 0 Å². The van der Waals surface area contributed by atoms with Crippen LogP contribution in [0.25, 0.3) is 0 Å². The van der Waals surface area contributed by atoms with Gasteiger partial charge in [0.25, 0.3) is 0 Å². The third kappa shape index (κ3) is 9.72. The minimum atomic E-state index is 0. The van der Waals surface area contributed by atoms with Gasteiger partial charge in [-0.2, -0.15) is 0 Å². The van der Waals surface area contributed by atoms with E-state index in [0.29, 0.717) is 0 Å². The number of hydrogen-bond acceptors (Lipinski definition) is 0. The standard InChI is InChI=1S/C7H16.Fe/c1-3-5-7-6-4-2;/h3-7H2,1-2H3;. The van der Waals surface area contributed by atoms with Crippen LogP contribution in [-0.4, -0.2) is 0 Å². The molecule has 0 bridgehead atoms. The van der Waals surface area contributed by atoms with Gasteiger partial charge in [0, 0.05) is 17.1 Å². The smallest absolute Gasteiger partial charge is 0 e. The van der Waals surface area contributed by atoms with E-state index in [1.807, 2.05) is 0 Å². The number of rotatable bonds is 4. The predicted molar refractivity (Wildman–Crippen MR) is 34.4 cm³/mol. The number of unbranched alkanes of at least 4 members (excludes halogenated alkanes) is 4. The molecule has 0 radical (unpaired) electrons. The van der Waals surface area contributed by atoms with Gasteiger partial charge in [0.2, 0.25) is 0 Å². The second-order valence-electron chi connectivity index (χ2n) is 2.06. The van der Waals surface area contributed by atoms with E-state index in [1.165, 1.54) is 32.1 Å². The molecule has 52 valence electrons. The van der Waals surface area contributed by atoms with Crippen molar-refractivity contribution in [3.63, 3.8) is 0 Å². The van der Waals surface area contributed by atoms with E-state index in [2.05, 4.69) is 13.8 Å². The first-order valence-corrected chi connectivity index (χ1v) is 3.41. The molecule has 0 aromatic rings. The fraction of sp³-hybridized carbons (Fsp3) is 1.00. The van der Waals surface area contributed by atoms with Crippen molar-refractivity contribution >= 4 is 0 Å². The van der Waals surface area contributed by atoms with Crippen molar-refractivity contribution < 1.29 is 17.1 Å². The molecule has 1 heteroatoms. The molecule has 0 atom stereocenters. The summed E-state index contributed by atoms with van der Waals surface area (Å²) in [6, 6.07) is 0. The third-order valence-corrected chi connectivity index (χ3v) is 1.21. The molecule has 0 amide bonds. The Balaban J connectivity index is 0. The van der Waals surface area contributed by atoms with Gasteiger partial charge >= 0.3 is 0 Å². The number of hydrogen-bond donors (Lipinski definition) is 0. The van der Waals surface area contributed by atoms with Gasteiger partial charge in [-0.25, -0.2) is 0 Å². The zero-order valence-electron chi connectivity index (χ0n) is 5.89. The summed E-state index contributed by atoms with van der Waals surface area (Å²) in [7, 11) is 0. The first kappa shape index (κ1) is 11.3. The summed E-state index contributed by atoms with van der Waals surface area (Å²) in [4.78, 5) is 0. The average molecular weight is 156 g/mol. The Hall–Kier alpha value is 0.519. The summed E-state index contributed by atoms with van der Waals surface area (Å²) < 4.78 is 0. The van der Waals surface area contributed by atoms with Gasteiger partial charge in [0.1, 0.15) is 0 Å². The van der Waals surface area contributed by atoms with Crippen LogP contribution in [0.2, 0.25) is 0 Å². The summed E-state index contributed by atoms with van der Waals surface area (Å²) in [6.45, 7) is 4.49. The van der Waals surface area contributed by atoms with Crippen LogP contribution in [-0.2, 0) is 17.1 Å². The summed E-state index contributed by atoms with van der Waals surface area (Å²) in [5.41, 5.74) is 0. The van der Waals surface area contributed by atoms with Crippen LogP contribution in [0.1, 0.15) is 46.0 Å². The monoisotopic (exact) mass is 156 g/mol. The molecule has 0 N–H and O–H groups in total. The molecule has 0 aliphatic rings. The summed E-state index contributed by atoms with van der Waals surface area (Å²) in [5, 5.41) is 0. The predicted octanol–water partition coefficient (Wildman–Crippen LogP) is 2.97. The zero-order valence-corrected chi connectivity index (χ0v) is 6.99. The quantitative estimate of drug-likeness (QED) is 0.433. The van der Waals surface area contributed by atoms with Crippen LogP contribution >= 0.6 is 0 Å². The van der Waals surface area contributed by atoms with E-state index >= 15 is 0 Å². The maximum atomic E-state index is 2.25. The van der Waals surface area contributed by atoms with Gasteiger partial charge in [-0.3, -0.25) is 0 Å². The normalized spacial score (nSPS) is 8.25. The van der Waals surface area contributed by atoms with E-state index in [1.54, 1.807) is 0 Å². The minimum Gasteiger partial charge on any atom is -0.0654 e. The summed E-state index contributed by atoms with van der Waals surface area (Å²) in [6.07, 6.45) is 7.01. The molecule has 0 saturated carbocycles. The van der Waals surface area contributed by atoms with Crippen molar-refractivity contribution in [1.29, 1.82) is 0 Å². The van der Waals surface area contributed by atoms with E-state index in [-0.39, 0.29) is 17.1 Å². The molecule has 0 unspecified atom stereocenters. The summed E-state index contributed by atoms with van der Waals surface area (Å²) in [5.74, 6) is 0. The van der Waals surface area contributed by atoms with Gasteiger partial charge in [-0.05, 0) is 0 Å². The van der Waals surface area contributed by atoms with Gasteiger partial charge in [0.05, 0.1) is 0 Å². The van der Waals surface area contributed by atoms with E-state index in [0.717, 1.165) is 0 Å². The minimum absolute atomic E-state index is 0. The molecule has 0 aliphatic carbocycles. The van der Waals surface area contributed by atoms with Gasteiger partial charge in [-0.15, -0.1) is 0 Å². The molecule has 0 aromatic carbocycles. The fourth-order valence-corrected chi connectivity index (χ4v) is 0.677. The Morgan fingerprint density at radius 1 is 0.750 bits per heavy atom. The molecule has 0 rings (SSSR count). The SMILES string of the molecule is CCCCCCC.[Fe]. The van der Waals surface area contributed by atoms with Crippen LogP contribution in [0.5, 0.6) is 0 Å². The van der Waals surface area contributed by atoms with Crippen molar-refractivity contribution in [2.24, 2.45) is 0 Å². The molecule has 0 saturated heterocycles. The molecule has 0 nitrogen and oxygen atoms in total.